The molecule has 0 aliphatic rings. The number of amides is 1. The number of carboxylic acid groups (broad SMARTS) is 1. The molecule has 21 heavy (non-hydrogen) atoms. The molecule has 0 aliphatic heterocycles. The highest BCUT2D eigenvalue weighted by Gasteiger charge is 2.20. The van der Waals surface area contributed by atoms with Crippen molar-refractivity contribution in [3.63, 3.8) is 0 Å². The van der Waals surface area contributed by atoms with Crippen LogP contribution in [0.3, 0.4) is 0 Å². The van der Waals surface area contributed by atoms with Crippen molar-refractivity contribution in [2.24, 2.45) is 5.73 Å². The van der Waals surface area contributed by atoms with Crippen LogP contribution in [0.2, 0.25) is 0 Å². The van der Waals surface area contributed by atoms with E-state index < -0.39 is 17.9 Å². The van der Waals surface area contributed by atoms with Crippen LogP contribution in [-0.4, -0.2) is 37.6 Å². The number of hydrogen-bond acceptors (Lipinski definition) is 5. The fourth-order valence-corrected chi connectivity index (χ4v) is 1.95. The molecule has 1 amide bonds. The first-order valence-electron chi connectivity index (χ1n) is 6.56. The summed E-state index contributed by atoms with van der Waals surface area (Å²) in [6.45, 7) is 1.77. The Morgan fingerprint density at radius 1 is 1.43 bits per heavy atom. The zero-order valence-electron chi connectivity index (χ0n) is 11.6. The van der Waals surface area contributed by atoms with Crippen LogP contribution in [0.15, 0.2) is 24.4 Å². The molecule has 2 rings (SSSR count). The van der Waals surface area contributed by atoms with Gasteiger partial charge in [0.25, 0.3) is 0 Å². The number of nitrogens with zero attached hydrogens (tertiary/aromatic N) is 3. The van der Waals surface area contributed by atoms with E-state index in [1.54, 1.807) is 17.5 Å². The minimum atomic E-state index is -0.977. The standard InChI is InChI=1S/C13H17N5O3/c1-8(15-13(21)9(14)5-6-11(19)20)12-17-16-10-4-2-3-7-18(10)12/h2-4,7-9H,5-6,14H2,1H3,(H,15,21)(H,19,20). The van der Waals surface area contributed by atoms with Gasteiger partial charge in [-0.2, -0.15) is 0 Å². The maximum atomic E-state index is 11.9. The molecule has 0 aromatic carbocycles. The summed E-state index contributed by atoms with van der Waals surface area (Å²) in [4.78, 5) is 22.4. The third-order valence-electron chi connectivity index (χ3n) is 3.09. The number of carbonyl (C=O) groups is 2. The Balaban J connectivity index is 2.02. The summed E-state index contributed by atoms with van der Waals surface area (Å²) in [6.07, 6.45) is 1.75. The van der Waals surface area contributed by atoms with E-state index in [1.807, 2.05) is 18.2 Å². The average molecular weight is 291 g/mol. The predicted octanol–water partition coefficient (Wildman–Crippen LogP) is 0.0986. The Morgan fingerprint density at radius 2 is 2.19 bits per heavy atom. The molecule has 0 fully saturated rings. The lowest BCUT2D eigenvalue weighted by molar-refractivity contribution is -0.137. The molecule has 0 aliphatic carbocycles. The van der Waals surface area contributed by atoms with Gasteiger partial charge in [-0.1, -0.05) is 6.07 Å². The number of aliphatic carboxylic acids is 1. The number of rotatable bonds is 6. The molecule has 4 N–H and O–H groups in total. The molecule has 2 aromatic heterocycles. The molecule has 0 saturated carbocycles. The second-order valence-electron chi connectivity index (χ2n) is 4.76. The normalized spacial score (nSPS) is 13.8. The summed E-state index contributed by atoms with van der Waals surface area (Å²) in [7, 11) is 0. The Labute approximate surface area is 121 Å². The van der Waals surface area contributed by atoms with Gasteiger partial charge in [0.15, 0.2) is 11.5 Å². The summed E-state index contributed by atoms with van der Waals surface area (Å²) in [5.74, 6) is -0.796. The lowest BCUT2D eigenvalue weighted by Gasteiger charge is -2.16. The molecule has 112 valence electrons. The molecular weight excluding hydrogens is 274 g/mol. The number of fused-ring (bicyclic) bond motifs is 1. The molecule has 0 spiro atoms. The van der Waals surface area contributed by atoms with Gasteiger partial charge in [0.05, 0.1) is 12.1 Å². The molecule has 0 bridgehead atoms. The number of hydrogen-bond donors (Lipinski definition) is 3. The van der Waals surface area contributed by atoms with Crippen LogP contribution >= 0.6 is 0 Å². The number of pyridine rings is 1. The van der Waals surface area contributed by atoms with E-state index in [1.165, 1.54) is 0 Å². The van der Waals surface area contributed by atoms with E-state index in [4.69, 9.17) is 10.8 Å². The SMILES string of the molecule is CC(NC(=O)C(N)CCC(=O)O)c1nnc2ccccn12. The Morgan fingerprint density at radius 3 is 2.90 bits per heavy atom. The molecule has 2 unspecified atom stereocenters. The topological polar surface area (TPSA) is 123 Å². The number of aromatic nitrogens is 3. The summed E-state index contributed by atoms with van der Waals surface area (Å²) in [5.41, 5.74) is 6.35. The predicted molar refractivity (Wildman–Crippen MR) is 74.4 cm³/mol. The molecular formula is C13H17N5O3. The summed E-state index contributed by atoms with van der Waals surface area (Å²) in [6, 6.07) is 4.25. The van der Waals surface area contributed by atoms with Gasteiger partial charge in [0, 0.05) is 12.6 Å². The lowest BCUT2D eigenvalue weighted by atomic mass is 10.1. The van der Waals surface area contributed by atoms with E-state index in [2.05, 4.69) is 15.5 Å². The number of nitrogens with one attached hydrogen (secondary N) is 1. The van der Waals surface area contributed by atoms with Gasteiger partial charge in [-0.05, 0) is 25.5 Å². The van der Waals surface area contributed by atoms with E-state index >= 15 is 0 Å². The molecule has 2 aromatic rings. The molecule has 2 heterocycles. The largest absolute Gasteiger partial charge is 0.481 e. The first-order chi connectivity index (χ1) is 9.99. The first kappa shape index (κ1) is 14.9. The van der Waals surface area contributed by atoms with Gasteiger partial charge in [-0.25, -0.2) is 0 Å². The van der Waals surface area contributed by atoms with Crippen molar-refractivity contribution < 1.29 is 14.7 Å². The molecule has 0 radical (unpaired) electrons. The van der Waals surface area contributed by atoms with E-state index in [0.717, 1.165) is 0 Å². The molecule has 8 nitrogen and oxygen atoms in total. The van der Waals surface area contributed by atoms with Gasteiger partial charge in [-0.15, -0.1) is 10.2 Å². The zero-order chi connectivity index (χ0) is 15.4. The highest BCUT2D eigenvalue weighted by atomic mass is 16.4. The molecule has 2 atom stereocenters. The minimum absolute atomic E-state index is 0.0917. The third kappa shape index (κ3) is 3.54. The van der Waals surface area contributed by atoms with Crippen LogP contribution in [-0.2, 0) is 9.59 Å². The van der Waals surface area contributed by atoms with Crippen molar-refractivity contribution in [2.45, 2.75) is 31.8 Å². The summed E-state index contributed by atoms with van der Waals surface area (Å²) in [5, 5.41) is 19.4. The van der Waals surface area contributed by atoms with Crippen molar-refractivity contribution in [1.29, 1.82) is 0 Å². The van der Waals surface area contributed by atoms with Gasteiger partial charge >= 0.3 is 5.97 Å². The second-order valence-corrected chi connectivity index (χ2v) is 4.76. The van der Waals surface area contributed by atoms with Crippen molar-refractivity contribution in [3.05, 3.63) is 30.2 Å². The quantitative estimate of drug-likeness (QED) is 0.693. The minimum Gasteiger partial charge on any atom is -0.481 e. The number of carboxylic acids is 1. The van der Waals surface area contributed by atoms with Crippen molar-refractivity contribution >= 4 is 17.5 Å². The van der Waals surface area contributed by atoms with Crippen molar-refractivity contribution in [3.8, 4) is 0 Å². The van der Waals surface area contributed by atoms with E-state index in [9.17, 15) is 9.59 Å². The first-order valence-corrected chi connectivity index (χ1v) is 6.56. The monoisotopic (exact) mass is 291 g/mol. The Kier molecular flexibility index (Phi) is 4.49. The highest BCUT2D eigenvalue weighted by Crippen LogP contribution is 2.12. The maximum absolute atomic E-state index is 11.9. The van der Waals surface area contributed by atoms with Crippen molar-refractivity contribution in [1.82, 2.24) is 19.9 Å². The van der Waals surface area contributed by atoms with E-state index in [0.29, 0.717) is 11.5 Å². The zero-order valence-corrected chi connectivity index (χ0v) is 11.6. The average Bonchev–Trinajstić information content (AvgIpc) is 2.88. The fraction of sp³-hybridized carbons (Fsp3) is 0.385. The van der Waals surface area contributed by atoms with Gasteiger partial charge < -0.3 is 16.2 Å². The third-order valence-corrected chi connectivity index (χ3v) is 3.09. The second kappa shape index (κ2) is 6.31. The van der Waals surface area contributed by atoms with Crippen LogP contribution in [0.1, 0.15) is 31.6 Å². The lowest BCUT2D eigenvalue weighted by Crippen LogP contribution is -2.42. The molecule has 8 heteroatoms. The van der Waals surface area contributed by atoms with Crippen LogP contribution in [0.25, 0.3) is 5.65 Å². The summed E-state index contributed by atoms with van der Waals surface area (Å²) >= 11 is 0. The maximum Gasteiger partial charge on any atom is 0.303 e. The fourth-order valence-electron chi connectivity index (χ4n) is 1.95. The smallest absolute Gasteiger partial charge is 0.303 e. The number of carbonyl (C=O) groups excluding carboxylic acids is 1. The highest BCUT2D eigenvalue weighted by molar-refractivity contribution is 5.82. The Hall–Kier alpha value is -2.48. The van der Waals surface area contributed by atoms with E-state index in [-0.39, 0.29) is 18.9 Å². The van der Waals surface area contributed by atoms with Crippen LogP contribution in [0.5, 0.6) is 0 Å². The summed E-state index contributed by atoms with van der Waals surface area (Å²) < 4.78 is 1.77. The molecule has 0 saturated heterocycles. The number of nitrogens with two attached hydrogens (primary N) is 1. The van der Waals surface area contributed by atoms with Gasteiger partial charge in [0.1, 0.15) is 0 Å². The van der Waals surface area contributed by atoms with Crippen LogP contribution in [0, 0.1) is 0 Å². The van der Waals surface area contributed by atoms with Crippen LogP contribution < -0.4 is 11.1 Å². The Bertz CT molecular complexity index is 654. The van der Waals surface area contributed by atoms with Crippen LogP contribution in [0.4, 0.5) is 0 Å². The van der Waals surface area contributed by atoms with Gasteiger partial charge in [0.2, 0.25) is 5.91 Å². The van der Waals surface area contributed by atoms with Gasteiger partial charge in [-0.3, -0.25) is 14.0 Å². The van der Waals surface area contributed by atoms with Crippen molar-refractivity contribution in [2.75, 3.05) is 0 Å².